The predicted molar refractivity (Wildman–Crippen MR) is 62.4 cm³/mol. The zero-order chi connectivity index (χ0) is 12.9. The molecule has 17 heavy (non-hydrogen) atoms. The molecule has 5 nitrogen and oxygen atoms in total. The summed E-state index contributed by atoms with van der Waals surface area (Å²) in [7, 11) is 0. The quantitative estimate of drug-likeness (QED) is 0.801. The number of carbonyl (C=O) groups is 1. The van der Waals surface area contributed by atoms with Gasteiger partial charge in [-0.05, 0) is 33.6 Å². The zero-order valence-electron chi connectivity index (χ0n) is 10.7. The number of rotatable bonds is 2. The van der Waals surface area contributed by atoms with Gasteiger partial charge in [0.05, 0.1) is 31.2 Å². The van der Waals surface area contributed by atoms with Crippen LogP contribution in [0.2, 0.25) is 0 Å². The molecule has 1 heterocycles. The van der Waals surface area contributed by atoms with Crippen molar-refractivity contribution in [1.29, 1.82) is 5.26 Å². The molecule has 2 atom stereocenters. The SMILES string of the molecule is CC(C)(C)OC(=O)N[C@@H]1CC[C@@H](CC#N)OC1. The first-order valence-corrected chi connectivity index (χ1v) is 5.89. The van der Waals surface area contributed by atoms with E-state index < -0.39 is 11.7 Å². The van der Waals surface area contributed by atoms with E-state index in [9.17, 15) is 4.79 Å². The first-order chi connectivity index (χ1) is 7.90. The van der Waals surface area contributed by atoms with Gasteiger partial charge in [-0.1, -0.05) is 0 Å². The first-order valence-electron chi connectivity index (χ1n) is 5.89. The van der Waals surface area contributed by atoms with Crippen LogP contribution in [0.25, 0.3) is 0 Å². The van der Waals surface area contributed by atoms with Crippen LogP contribution in [0, 0.1) is 11.3 Å². The van der Waals surface area contributed by atoms with Crippen molar-refractivity contribution >= 4 is 6.09 Å². The third kappa shape index (κ3) is 5.55. The molecule has 1 rings (SSSR count). The number of nitrogens with one attached hydrogen (secondary N) is 1. The van der Waals surface area contributed by atoms with Crippen LogP contribution >= 0.6 is 0 Å². The van der Waals surface area contributed by atoms with Gasteiger partial charge in [0.25, 0.3) is 0 Å². The molecule has 96 valence electrons. The molecule has 0 spiro atoms. The molecule has 0 bridgehead atoms. The lowest BCUT2D eigenvalue weighted by molar-refractivity contribution is -0.00538. The van der Waals surface area contributed by atoms with Crippen molar-refractivity contribution < 1.29 is 14.3 Å². The Kier molecular flexibility index (Phi) is 4.76. The Labute approximate surface area is 102 Å². The van der Waals surface area contributed by atoms with Gasteiger partial charge < -0.3 is 14.8 Å². The summed E-state index contributed by atoms with van der Waals surface area (Å²) in [6, 6.07) is 2.07. The molecule has 0 radical (unpaired) electrons. The second-order valence-electron chi connectivity index (χ2n) is 5.24. The summed E-state index contributed by atoms with van der Waals surface area (Å²) in [6.07, 6.45) is 1.64. The van der Waals surface area contributed by atoms with Crippen molar-refractivity contribution in [3.05, 3.63) is 0 Å². The lowest BCUT2D eigenvalue weighted by Crippen LogP contribution is -2.44. The predicted octanol–water partition coefficient (Wildman–Crippen LogP) is 1.97. The smallest absolute Gasteiger partial charge is 0.407 e. The third-order valence-corrected chi connectivity index (χ3v) is 2.41. The average Bonchev–Trinajstić information content (AvgIpc) is 2.18. The fourth-order valence-corrected chi connectivity index (χ4v) is 1.66. The van der Waals surface area contributed by atoms with Gasteiger partial charge in [-0.3, -0.25) is 0 Å². The van der Waals surface area contributed by atoms with Crippen molar-refractivity contribution in [2.24, 2.45) is 0 Å². The molecule has 1 aliphatic rings. The van der Waals surface area contributed by atoms with Crippen LogP contribution in [-0.2, 0) is 9.47 Å². The van der Waals surface area contributed by atoms with Crippen molar-refractivity contribution in [3.63, 3.8) is 0 Å². The molecule has 1 N–H and O–H groups in total. The molecule has 0 aromatic heterocycles. The number of amides is 1. The highest BCUT2D eigenvalue weighted by Crippen LogP contribution is 2.16. The summed E-state index contributed by atoms with van der Waals surface area (Å²) in [4.78, 5) is 11.5. The van der Waals surface area contributed by atoms with Gasteiger partial charge in [-0.15, -0.1) is 0 Å². The zero-order valence-corrected chi connectivity index (χ0v) is 10.7. The van der Waals surface area contributed by atoms with Gasteiger partial charge in [0.2, 0.25) is 0 Å². The molecule has 0 saturated carbocycles. The highest BCUT2D eigenvalue weighted by Gasteiger charge is 2.24. The number of carbonyl (C=O) groups excluding carboxylic acids is 1. The minimum absolute atomic E-state index is 0.0108. The Hall–Kier alpha value is -1.28. The number of nitrogens with zero attached hydrogens (tertiary/aromatic N) is 1. The Bertz CT molecular complexity index is 296. The van der Waals surface area contributed by atoms with Crippen molar-refractivity contribution in [3.8, 4) is 6.07 Å². The fourth-order valence-electron chi connectivity index (χ4n) is 1.66. The number of alkyl carbamates (subject to hydrolysis) is 1. The lowest BCUT2D eigenvalue weighted by atomic mass is 10.0. The summed E-state index contributed by atoms with van der Waals surface area (Å²) >= 11 is 0. The van der Waals surface area contributed by atoms with Crippen LogP contribution in [0.4, 0.5) is 4.79 Å². The molecule has 0 aliphatic carbocycles. The summed E-state index contributed by atoms with van der Waals surface area (Å²) in [5.74, 6) is 0. The van der Waals surface area contributed by atoms with E-state index in [-0.39, 0.29) is 12.1 Å². The first kappa shape index (κ1) is 13.8. The molecule has 0 aromatic rings. The molecule has 1 aliphatic heterocycles. The molecular formula is C12H20N2O3. The van der Waals surface area contributed by atoms with Crippen LogP contribution < -0.4 is 5.32 Å². The minimum atomic E-state index is -0.483. The van der Waals surface area contributed by atoms with Crippen molar-refractivity contribution in [1.82, 2.24) is 5.32 Å². The van der Waals surface area contributed by atoms with Crippen LogP contribution in [0.1, 0.15) is 40.0 Å². The van der Waals surface area contributed by atoms with Crippen LogP contribution in [0.15, 0.2) is 0 Å². The van der Waals surface area contributed by atoms with E-state index in [1.165, 1.54) is 0 Å². The van der Waals surface area contributed by atoms with E-state index in [0.29, 0.717) is 13.0 Å². The van der Waals surface area contributed by atoms with E-state index in [2.05, 4.69) is 11.4 Å². The molecule has 5 heteroatoms. The Morgan fingerprint density at radius 2 is 2.24 bits per heavy atom. The molecular weight excluding hydrogens is 220 g/mol. The summed E-state index contributed by atoms with van der Waals surface area (Å²) in [5.41, 5.74) is -0.483. The second-order valence-corrected chi connectivity index (χ2v) is 5.24. The average molecular weight is 240 g/mol. The van der Waals surface area contributed by atoms with E-state index in [0.717, 1.165) is 12.8 Å². The maximum Gasteiger partial charge on any atom is 0.407 e. The highest BCUT2D eigenvalue weighted by molar-refractivity contribution is 5.68. The topological polar surface area (TPSA) is 71.3 Å². The van der Waals surface area contributed by atoms with E-state index in [1.54, 1.807) is 0 Å². The Morgan fingerprint density at radius 3 is 2.71 bits per heavy atom. The highest BCUT2D eigenvalue weighted by atomic mass is 16.6. The number of hydrogen-bond donors (Lipinski definition) is 1. The second kappa shape index (κ2) is 5.87. The standard InChI is InChI=1S/C12H20N2O3/c1-12(2,3)17-11(15)14-9-4-5-10(6-7-13)16-8-9/h9-10H,4-6,8H2,1-3H3,(H,14,15)/t9-,10+/m1/s1. The Balaban J connectivity index is 2.27. The molecule has 0 unspecified atom stereocenters. The van der Waals surface area contributed by atoms with Crippen molar-refractivity contribution in [2.45, 2.75) is 57.8 Å². The number of hydrogen-bond acceptors (Lipinski definition) is 4. The summed E-state index contributed by atoms with van der Waals surface area (Å²) in [5, 5.41) is 11.3. The lowest BCUT2D eigenvalue weighted by Gasteiger charge is -2.29. The van der Waals surface area contributed by atoms with Crippen LogP contribution in [-0.4, -0.2) is 30.4 Å². The van der Waals surface area contributed by atoms with Gasteiger partial charge in [-0.25, -0.2) is 4.79 Å². The maximum atomic E-state index is 11.5. The van der Waals surface area contributed by atoms with Crippen molar-refractivity contribution in [2.75, 3.05) is 6.61 Å². The summed E-state index contributed by atoms with van der Waals surface area (Å²) in [6.45, 7) is 5.93. The monoisotopic (exact) mass is 240 g/mol. The normalized spacial score (nSPS) is 24.8. The maximum absolute atomic E-state index is 11.5. The largest absolute Gasteiger partial charge is 0.444 e. The molecule has 1 amide bonds. The van der Waals surface area contributed by atoms with E-state index >= 15 is 0 Å². The van der Waals surface area contributed by atoms with Crippen LogP contribution in [0.3, 0.4) is 0 Å². The molecule has 1 saturated heterocycles. The minimum Gasteiger partial charge on any atom is -0.444 e. The van der Waals surface area contributed by atoms with Gasteiger partial charge in [0.1, 0.15) is 5.60 Å². The Morgan fingerprint density at radius 1 is 1.53 bits per heavy atom. The van der Waals surface area contributed by atoms with Gasteiger partial charge in [-0.2, -0.15) is 5.26 Å². The summed E-state index contributed by atoms with van der Waals surface area (Å²) < 4.78 is 10.6. The van der Waals surface area contributed by atoms with Crippen LogP contribution in [0.5, 0.6) is 0 Å². The molecule has 0 aromatic carbocycles. The third-order valence-electron chi connectivity index (χ3n) is 2.41. The van der Waals surface area contributed by atoms with Gasteiger partial charge >= 0.3 is 6.09 Å². The van der Waals surface area contributed by atoms with E-state index in [4.69, 9.17) is 14.7 Å². The van der Waals surface area contributed by atoms with Gasteiger partial charge in [0.15, 0.2) is 0 Å². The van der Waals surface area contributed by atoms with Gasteiger partial charge in [0, 0.05) is 0 Å². The molecule has 1 fully saturated rings. The fraction of sp³-hybridized carbons (Fsp3) is 0.833. The number of ether oxygens (including phenoxy) is 2. The van der Waals surface area contributed by atoms with E-state index in [1.807, 2.05) is 20.8 Å². The number of nitriles is 1.